The van der Waals surface area contributed by atoms with Gasteiger partial charge in [-0.25, -0.2) is 9.31 Å². The molecule has 0 aliphatic heterocycles. The molecule has 3 aromatic rings. The summed E-state index contributed by atoms with van der Waals surface area (Å²) in [7, 11) is 0. The zero-order valence-electron chi connectivity index (χ0n) is 14.0. The molecular formula is C19H18ClN3O2. The number of nitrogens with zero attached hydrogens (tertiary/aromatic N) is 3. The summed E-state index contributed by atoms with van der Waals surface area (Å²) in [4.78, 5) is 16.8. The summed E-state index contributed by atoms with van der Waals surface area (Å²) >= 11 is 6.22. The number of aromatic nitrogens is 3. The number of carbonyl (C=O) groups is 1. The molecule has 1 fully saturated rings. The fourth-order valence-electron chi connectivity index (χ4n) is 3.58. The van der Waals surface area contributed by atoms with Crippen LogP contribution in [0.3, 0.4) is 0 Å². The molecule has 25 heavy (non-hydrogen) atoms. The second-order valence-corrected chi connectivity index (χ2v) is 7.40. The molecule has 2 atom stereocenters. The van der Waals surface area contributed by atoms with Gasteiger partial charge >= 0.3 is 5.97 Å². The first-order valence-corrected chi connectivity index (χ1v) is 8.59. The van der Waals surface area contributed by atoms with Crippen LogP contribution in [0.25, 0.3) is 5.52 Å². The van der Waals surface area contributed by atoms with Gasteiger partial charge in [-0.3, -0.25) is 4.98 Å². The minimum absolute atomic E-state index is 0.147. The number of pyridine rings is 2. The lowest BCUT2D eigenvalue weighted by molar-refractivity contribution is -0.0796. The van der Waals surface area contributed by atoms with E-state index >= 15 is 0 Å². The lowest BCUT2D eigenvalue weighted by Gasteiger charge is -2.51. The predicted octanol–water partition coefficient (Wildman–Crippen LogP) is 4.12. The fourth-order valence-corrected chi connectivity index (χ4v) is 3.84. The molecule has 0 aromatic carbocycles. The van der Waals surface area contributed by atoms with E-state index in [2.05, 4.69) is 30.0 Å². The third kappa shape index (κ3) is 2.59. The van der Waals surface area contributed by atoms with Crippen LogP contribution in [0.4, 0.5) is 0 Å². The number of carbonyl (C=O) groups excluding carboxylic acids is 1. The molecule has 1 aliphatic rings. The summed E-state index contributed by atoms with van der Waals surface area (Å²) in [5.41, 5.74) is 2.01. The van der Waals surface area contributed by atoms with Crippen molar-refractivity contribution < 1.29 is 9.53 Å². The van der Waals surface area contributed by atoms with Crippen LogP contribution in [0.15, 0.2) is 49.1 Å². The number of hydrogen-bond acceptors (Lipinski definition) is 4. The van der Waals surface area contributed by atoms with Gasteiger partial charge < -0.3 is 4.74 Å². The maximum Gasteiger partial charge on any atom is 0.342 e. The lowest BCUT2D eigenvalue weighted by Crippen LogP contribution is -2.49. The molecule has 1 aliphatic carbocycles. The van der Waals surface area contributed by atoms with E-state index in [0.717, 1.165) is 6.42 Å². The van der Waals surface area contributed by atoms with Crippen molar-refractivity contribution in [2.24, 2.45) is 5.41 Å². The third-order valence-corrected chi connectivity index (χ3v) is 5.53. The topological polar surface area (TPSA) is 56.5 Å². The summed E-state index contributed by atoms with van der Waals surface area (Å²) < 4.78 is 7.38. The number of hydrogen-bond donors (Lipinski definition) is 0. The van der Waals surface area contributed by atoms with E-state index in [1.54, 1.807) is 29.0 Å². The summed E-state index contributed by atoms with van der Waals surface area (Å²) in [6.45, 7) is 4.24. The van der Waals surface area contributed by atoms with Crippen molar-refractivity contribution >= 4 is 23.1 Å². The molecule has 0 N–H and O–H groups in total. The van der Waals surface area contributed by atoms with Crippen LogP contribution in [0.2, 0.25) is 5.02 Å². The lowest BCUT2D eigenvalue weighted by atomic mass is 9.58. The van der Waals surface area contributed by atoms with Crippen molar-refractivity contribution in [3.05, 3.63) is 65.2 Å². The minimum atomic E-state index is -0.384. The minimum Gasteiger partial charge on any atom is -0.458 e. The molecule has 0 amide bonds. The number of ether oxygens (including phenoxy) is 1. The average Bonchev–Trinajstić information content (AvgIpc) is 3.04. The quantitative estimate of drug-likeness (QED) is 0.663. The van der Waals surface area contributed by atoms with Crippen molar-refractivity contribution in [3.63, 3.8) is 0 Å². The highest BCUT2D eigenvalue weighted by Gasteiger charge is 2.51. The Hall–Kier alpha value is -2.40. The van der Waals surface area contributed by atoms with Crippen LogP contribution in [0.1, 0.15) is 42.1 Å². The summed E-state index contributed by atoms with van der Waals surface area (Å²) in [5, 5.41) is 4.65. The Bertz CT molecular complexity index is 936. The first-order chi connectivity index (χ1) is 12.0. The van der Waals surface area contributed by atoms with Crippen LogP contribution in [-0.4, -0.2) is 26.7 Å². The molecule has 0 radical (unpaired) electrons. The molecule has 0 unspecified atom stereocenters. The van der Waals surface area contributed by atoms with E-state index in [1.165, 1.54) is 11.8 Å². The predicted molar refractivity (Wildman–Crippen MR) is 94.8 cm³/mol. The molecule has 3 aromatic heterocycles. The SMILES string of the molecule is CC1(C)[C@@H](c2cccnc2)C[C@H]1OC(=O)c1cnn2cccc(Cl)c12. The molecule has 0 bridgehead atoms. The maximum atomic E-state index is 12.7. The van der Waals surface area contributed by atoms with Crippen molar-refractivity contribution in [3.8, 4) is 0 Å². The molecule has 6 heteroatoms. The zero-order chi connectivity index (χ0) is 17.6. The van der Waals surface area contributed by atoms with Crippen molar-refractivity contribution in [1.29, 1.82) is 0 Å². The first-order valence-electron chi connectivity index (χ1n) is 8.21. The second-order valence-electron chi connectivity index (χ2n) is 7.00. The van der Waals surface area contributed by atoms with Gasteiger partial charge in [0.2, 0.25) is 0 Å². The molecule has 0 spiro atoms. The van der Waals surface area contributed by atoms with E-state index in [4.69, 9.17) is 16.3 Å². The monoisotopic (exact) mass is 355 g/mol. The van der Waals surface area contributed by atoms with Crippen LogP contribution < -0.4 is 0 Å². The van der Waals surface area contributed by atoms with Crippen LogP contribution in [0.5, 0.6) is 0 Å². The zero-order valence-corrected chi connectivity index (χ0v) is 14.8. The van der Waals surface area contributed by atoms with Gasteiger partial charge in [-0.15, -0.1) is 0 Å². The molecule has 0 saturated heterocycles. The van der Waals surface area contributed by atoms with Crippen LogP contribution >= 0.6 is 11.6 Å². The van der Waals surface area contributed by atoms with Crippen molar-refractivity contribution in [2.75, 3.05) is 0 Å². The fraction of sp³-hybridized carbons (Fsp3) is 0.316. The van der Waals surface area contributed by atoms with Gasteiger partial charge in [-0.1, -0.05) is 31.5 Å². The summed E-state index contributed by atoms with van der Waals surface area (Å²) in [5.74, 6) is -0.0580. The van der Waals surface area contributed by atoms with Gasteiger partial charge in [0.15, 0.2) is 0 Å². The molecule has 4 rings (SSSR count). The largest absolute Gasteiger partial charge is 0.458 e. The molecule has 3 heterocycles. The highest BCUT2D eigenvalue weighted by molar-refractivity contribution is 6.34. The normalized spacial score (nSPS) is 21.7. The van der Waals surface area contributed by atoms with Crippen LogP contribution in [-0.2, 0) is 4.74 Å². The summed E-state index contributed by atoms with van der Waals surface area (Å²) in [6, 6.07) is 7.53. The molecule has 5 nitrogen and oxygen atoms in total. The Morgan fingerprint density at radius 2 is 2.16 bits per heavy atom. The van der Waals surface area contributed by atoms with E-state index in [9.17, 15) is 4.79 Å². The summed E-state index contributed by atoms with van der Waals surface area (Å²) in [6.07, 6.45) is 7.55. The van der Waals surface area contributed by atoms with Gasteiger partial charge in [0.1, 0.15) is 11.7 Å². The Balaban J connectivity index is 1.54. The van der Waals surface area contributed by atoms with Gasteiger partial charge in [0, 0.05) is 24.0 Å². The van der Waals surface area contributed by atoms with Crippen molar-refractivity contribution in [1.82, 2.24) is 14.6 Å². The number of esters is 1. The number of rotatable bonds is 3. The van der Waals surface area contributed by atoms with E-state index in [-0.39, 0.29) is 17.5 Å². The Kier molecular flexibility index (Phi) is 3.76. The standard InChI is InChI=1S/C19H18ClN3O2/c1-19(2)14(12-5-3-7-21-10-12)9-16(19)25-18(24)13-11-22-23-8-4-6-15(20)17(13)23/h3-8,10-11,14,16H,9H2,1-2H3/t14-,16-/m1/s1. The second kappa shape index (κ2) is 5.85. The Morgan fingerprint density at radius 1 is 1.32 bits per heavy atom. The Labute approximate surface area is 150 Å². The number of halogens is 1. The highest BCUT2D eigenvalue weighted by Crippen LogP contribution is 2.54. The van der Waals surface area contributed by atoms with E-state index in [1.807, 2.05) is 12.3 Å². The number of fused-ring (bicyclic) bond motifs is 1. The van der Waals surface area contributed by atoms with Gasteiger partial charge in [-0.2, -0.15) is 5.10 Å². The van der Waals surface area contributed by atoms with E-state index in [0.29, 0.717) is 22.0 Å². The van der Waals surface area contributed by atoms with Crippen LogP contribution in [0, 0.1) is 5.41 Å². The van der Waals surface area contributed by atoms with Crippen molar-refractivity contribution in [2.45, 2.75) is 32.3 Å². The average molecular weight is 356 g/mol. The van der Waals surface area contributed by atoms with Gasteiger partial charge in [0.25, 0.3) is 0 Å². The smallest absolute Gasteiger partial charge is 0.342 e. The van der Waals surface area contributed by atoms with Gasteiger partial charge in [0.05, 0.1) is 16.7 Å². The Morgan fingerprint density at radius 3 is 2.88 bits per heavy atom. The van der Waals surface area contributed by atoms with E-state index < -0.39 is 0 Å². The third-order valence-electron chi connectivity index (χ3n) is 5.23. The molecular weight excluding hydrogens is 338 g/mol. The molecule has 1 saturated carbocycles. The molecule has 128 valence electrons. The maximum absolute atomic E-state index is 12.7. The highest BCUT2D eigenvalue weighted by atomic mass is 35.5. The first kappa shape index (κ1) is 16.1. The van der Waals surface area contributed by atoms with Gasteiger partial charge in [-0.05, 0) is 36.1 Å².